The summed E-state index contributed by atoms with van der Waals surface area (Å²) in [5.41, 5.74) is 0.708. The van der Waals surface area contributed by atoms with Gasteiger partial charge in [-0.2, -0.15) is 5.10 Å². The van der Waals surface area contributed by atoms with Crippen molar-refractivity contribution in [1.29, 1.82) is 0 Å². The predicted octanol–water partition coefficient (Wildman–Crippen LogP) is 1.67. The molecule has 146 valence electrons. The minimum absolute atomic E-state index is 0.0836. The van der Waals surface area contributed by atoms with E-state index in [2.05, 4.69) is 15.5 Å². The van der Waals surface area contributed by atoms with Crippen LogP contribution in [-0.4, -0.2) is 39.9 Å². The Hall–Kier alpha value is -2.88. The molecule has 5 rings (SSSR count). The molecule has 3 aliphatic rings. The van der Waals surface area contributed by atoms with Gasteiger partial charge in [0, 0.05) is 30.8 Å². The van der Waals surface area contributed by atoms with Gasteiger partial charge in [-0.15, -0.1) is 0 Å². The van der Waals surface area contributed by atoms with Crippen molar-refractivity contribution in [3.8, 4) is 11.5 Å². The molecule has 2 N–H and O–H groups in total. The molecule has 1 atom stereocenters. The summed E-state index contributed by atoms with van der Waals surface area (Å²) in [6, 6.07) is 5.74. The molecule has 2 aromatic rings. The second kappa shape index (κ2) is 6.62. The highest BCUT2D eigenvalue weighted by Gasteiger charge is 2.36. The molecule has 1 unspecified atom stereocenters. The SMILES string of the molecule is O=C(NCc1n[nH]c(=S)n1C1CC1)C1CC(=O)N(c2ccc3c(c2)OCO3)C1. The lowest BCUT2D eigenvalue weighted by Gasteiger charge is -2.17. The Bertz CT molecular complexity index is 1010. The third-order valence-corrected chi connectivity index (χ3v) is 5.56. The van der Waals surface area contributed by atoms with E-state index in [-0.39, 0.29) is 31.6 Å². The van der Waals surface area contributed by atoms with Gasteiger partial charge in [0.2, 0.25) is 18.6 Å². The smallest absolute Gasteiger partial charge is 0.231 e. The molecule has 0 spiro atoms. The van der Waals surface area contributed by atoms with Gasteiger partial charge in [-0.3, -0.25) is 19.3 Å². The van der Waals surface area contributed by atoms with Crippen molar-refractivity contribution in [3.63, 3.8) is 0 Å². The van der Waals surface area contributed by atoms with Crippen LogP contribution in [-0.2, 0) is 16.1 Å². The summed E-state index contributed by atoms with van der Waals surface area (Å²) in [6.07, 6.45) is 2.34. The largest absolute Gasteiger partial charge is 0.454 e. The topological polar surface area (TPSA) is 101 Å². The molecule has 28 heavy (non-hydrogen) atoms. The Morgan fingerprint density at radius 2 is 2.14 bits per heavy atom. The van der Waals surface area contributed by atoms with E-state index in [1.54, 1.807) is 23.1 Å². The number of amides is 2. The Balaban J connectivity index is 1.24. The van der Waals surface area contributed by atoms with Crippen molar-refractivity contribution in [2.45, 2.75) is 31.8 Å². The summed E-state index contributed by atoms with van der Waals surface area (Å²) in [5.74, 6) is 1.34. The van der Waals surface area contributed by atoms with E-state index in [1.807, 2.05) is 4.57 Å². The van der Waals surface area contributed by atoms with Gasteiger partial charge in [0.15, 0.2) is 22.1 Å². The number of fused-ring (bicyclic) bond motifs is 1. The van der Waals surface area contributed by atoms with Gasteiger partial charge in [0.25, 0.3) is 0 Å². The summed E-state index contributed by atoms with van der Waals surface area (Å²) >= 11 is 5.26. The van der Waals surface area contributed by atoms with Crippen molar-refractivity contribution >= 4 is 29.7 Å². The summed E-state index contributed by atoms with van der Waals surface area (Å²) in [5, 5.41) is 9.90. The van der Waals surface area contributed by atoms with E-state index < -0.39 is 5.92 Å². The maximum Gasteiger partial charge on any atom is 0.231 e. The summed E-state index contributed by atoms with van der Waals surface area (Å²) in [6.45, 7) is 0.800. The molecule has 0 radical (unpaired) electrons. The standard InChI is InChI=1S/C18H19N5O4S/c24-16-5-10(8-22(16)12-3-4-13-14(6-12)27-9-26-13)17(25)19-7-15-20-21-18(28)23(15)11-1-2-11/h3-4,6,10-11H,1-2,5,7-9H2,(H,19,25)(H,21,28). The minimum Gasteiger partial charge on any atom is -0.454 e. The van der Waals surface area contributed by atoms with Crippen LogP contribution in [0.5, 0.6) is 11.5 Å². The van der Waals surface area contributed by atoms with E-state index in [1.165, 1.54) is 0 Å². The zero-order valence-electron chi connectivity index (χ0n) is 15.0. The number of hydrogen-bond donors (Lipinski definition) is 2. The monoisotopic (exact) mass is 401 g/mol. The second-order valence-corrected chi connectivity index (χ2v) is 7.59. The quantitative estimate of drug-likeness (QED) is 0.739. The van der Waals surface area contributed by atoms with Gasteiger partial charge in [-0.05, 0) is 37.2 Å². The van der Waals surface area contributed by atoms with Crippen LogP contribution in [0, 0.1) is 10.7 Å². The third-order valence-electron chi connectivity index (χ3n) is 5.27. The fourth-order valence-electron chi connectivity index (χ4n) is 3.67. The van der Waals surface area contributed by atoms with Crippen molar-refractivity contribution in [3.05, 3.63) is 28.8 Å². The molecule has 2 amide bonds. The highest BCUT2D eigenvalue weighted by atomic mass is 32.1. The number of benzene rings is 1. The van der Waals surface area contributed by atoms with E-state index in [4.69, 9.17) is 21.7 Å². The first-order valence-electron chi connectivity index (χ1n) is 9.23. The number of carbonyl (C=O) groups excluding carboxylic acids is 2. The summed E-state index contributed by atoms with van der Waals surface area (Å²) < 4.78 is 13.2. The van der Waals surface area contributed by atoms with Crippen molar-refractivity contribution in [2.24, 2.45) is 5.92 Å². The Morgan fingerprint density at radius 3 is 2.96 bits per heavy atom. The van der Waals surface area contributed by atoms with Crippen LogP contribution in [0.1, 0.15) is 31.1 Å². The number of ether oxygens (including phenoxy) is 2. The van der Waals surface area contributed by atoms with E-state index in [0.717, 1.165) is 18.7 Å². The molecule has 1 saturated carbocycles. The van der Waals surface area contributed by atoms with Crippen LogP contribution >= 0.6 is 12.2 Å². The molecule has 10 heteroatoms. The zero-order valence-corrected chi connectivity index (χ0v) is 15.8. The minimum atomic E-state index is -0.408. The summed E-state index contributed by atoms with van der Waals surface area (Å²) in [4.78, 5) is 26.7. The number of nitrogens with one attached hydrogen (secondary N) is 2. The first-order valence-corrected chi connectivity index (χ1v) is 9.64. The Kier molecular flexibility index (Phi) is 4.08. The van der Waals surface area contributed by atoms with Gasteiger partial charge in [0.05, 0.1) is 12.5 Å². The van der Waals surface area contributed by atoms with Gasteiger partial charge < -0.3 is 19.7 Å². The van der Waals surface area contributed by atoms with Crippen molar-refractivity contribution in [2.75, 3.05) is 18.2 Å². The van der Waals surface area contributed by atoms with E-state index in [0.29, 0.717) is 34.5 Å². The molecule has 2 fully saturated rings. The lowest BCUT2D eigenvalue weighted by molar-refractivity contribution is -0.126. The molecule has 1 saturated heterocycles. The van der Waals surface area contributed by atoms with Crippen LogP contribution in [0.2, 0.25) is 0 Å². The molecule has 1 aliphatic carbocycles. The fourth-order valence-corrected chi connectivity index (χ4v) is 3.97. The molecule has 9 nitrogen and oxygen atoms in total. The molecule has 1 aromatic heterocycles. The number of H-pyrrole nitrogens is 1. The van der Waals surface area contributed by atoms with Gasteiger partial charge in [0.1, 0.15) is 0 Å². The van der Waals surface area contributed by atoms with E-state index in [9.17, 15) is 9.59 Å². The lowest BCUT2D eigenvalue weighted by atomic mass is 10.1. The highest BCUT2D eigenvalue weighted by molar-refractivity contribution is 7.71. The van der Waals surface area contributed by atoms with Crippen molar-refractivity contribution in [1.82, 2.24) is 20.1 Å². The predicted molar refractivity (Wildman–Crippen MR) is 101 cm³/mol. The molecule has 2 aliphatic heterocycles. The van der Waals surface area contributed by atoms with Crippen LogP contribution in [0.3, 0.4) is 0 Å². The highest BCUT2D eigenvalue weighted by Crippen LogP contribution is 2.37. The fraction of sp³-hybridized carbons (Fsp3) is 0.444. The Labute approximate surface area is 165 Å². The molecular formula is C18H19N5O4S. The average Bonchev–Trinajstić information content (AvgIpc) is 3.11. The third kappa shape index (κ3) is 3.03. The maximum absolute atomic E-state index is 12.6. The first kappa shape index (κ1) is 17.2. The van der Waals surface area contributed by atoms with Gasteiger partial charge >= 0.3 is 0 Å². The number of nitrogens with zero attached hydrogens (tertiary/aromatic N) is 3. The number of rotatable bonds is 5. The molecule has 1 aromatic carbocycles. The second-order valence-electron chi connectivity index (χ2n) is 7.21. The number of carbonyl (C=O) groups is 2. The number of aromatic nitrogens is 3. The average molecular weight is 401 g/mol. The first-order chi connectivity index (χ1) is 13.6. The number of aromatic amines is 1. The van der Waals surface area contributed by atoms with Gasteiger partial charge in [-0.1, -0.05) is 0 Å². The van der Waals surface area contributed by atoms with E-state index >= 15 is 0 Å². The van der Waals surface area contributed by atoms with Crippen molar-refractivity contribution < 1.29 is 19.1 Å². The van der Waals surface area contributed by atoms with Crippen LogP contribution < -0.4 is 19.7 Å². The lowest BCUT2D eigenvalue weighted by Crippen LogP contribution is -2.33. The number of hydrogen-bond acceptors (Lipinski definition) is 6. The van der Waals surface area contributed by atoms with Crippen LogP contribution in [0.15, 0.2) is 18.2 Å². The normalized spacial score (nSPS) is 20.6. The zero-order chi connectivity index (χ0) is 19.3. The molecule has 0 bridgehead atoms. The molecular weight excluding hydrogens is 382 g/mol. The number of anilines is 1. The van der Waals surface area contributed by atoms with Crippen LogP contribution in [0.25, 0.3) is 0 Å². The van der Waals surface area contributed by atoms with Gasteiger partial charge in [-0.25, -0.2) is 0 Å². The molecule has 3 heterocycles. The van der Waals surface area contributed by atoms with Crippen LogP contribution in [0.4, 0.5) is 5.69 Å². The summed E-state index contributed by atoms with van der Waals surface area (Å²) in [7, 11) is 0. The maximum atomic E-state index is 12.6. The Morgan fingerprint density at radius 1 is 1.32 bits per heavy atom.